The van der Waals surface area contributed by atoms with Crippen LogP contribution in [-0.2, 0) is 0 Å². The molecule has 0 aliphatic heterocycles. The lowest BCUT2D eigenvalue weighted by atomic mass is 9.85. The van der Waals surface area contributed by atoms with Gasteiger partial charge in [-0.1, -0.05) is 66.7 Å². The second-order valence-electron chi connectivity index (χ2n) is 14.1. The van der Waals surface area contributed by atoms with E-state index in [1.165, 1.54) is 43.1 Å². The van der Waals surface area contributed by atoms with Gasteiger partial charge in [0, 0.05) is 0 Å². The van der Waals surface area contributed by atoms with E-state index in [4.69, 9.17) is 9.47 Å². The number of fused-ring (bicyclic) bond motifs is 9. The summed E-state index contributed by atoms with van der Waals surface area (Å²) in [5.41, 5.74) is 5.47. The summed E-state index contributed by atoms with van der Waals surface area (Å²) in [7, 11) is 3.42. The lowest BCUT2D eigenvalue weighted by Gasteiger charge is -2.17. The van der Waals surface area contributed by atoms with Gasteiger partial charge in [-0.05, 0) is 175 Å². The average molecular weight is 689 g/mol. The highest BCUT2D eigenvalue weighted by atomic mass is 16.5. The summed E-state index contributed by atoms with van der Waals surface area (Å²) in [6, 6.07) is 51.5. The van der Waals surface area contributed by atoms with Crippen LogP contribution in [0.15, 0.2) is 133 Å². The summed E-state index contributed by atoms with van der Waals surface area (Å²) < 4.78 is 11.9. The highest BCUT2D eigenvalue weighted by Gasteiger charge is 2.26. The van der Waals surface area contributed by atoms with Crippen molar-refractivity contribution in [1.29, 1.82) is 10.5 Å². The van der Waals surface area contributed by atoms with Gasteiger partial charge in [0.15, 0.2) is 0 Å². The zero-order valence-electron chi connectivity index (χ0n) is 29.4. The van der Waals surface area contributed by atoms with Crippen molar-refractivity contribution in [3.8, 4) is 45.9 Å². The first-order valence-electron chi connectivity index (χ1n) is 17.9. The van der Waals surface area contributed by atoms with Gasteiger partial charge >= 0.3 is 0 Å². The molecule has 0 fully saturated rings. The first-order chi connectivity index (χ1) is 26.6. The predicted molar refractivity (Wildman–Crippen MR) is 222 cm³/mol. The molecule has 0 amide bonds. The molecule has 250 valence electrons. The van der Waals surface area contributed by atoms with E-state index in [9.17, 15) is 10.5 Å². The third-order valence-corrected chi connectivity index (χ3v) is 11.5. The number of nitriles is 2. The van der Waals surface area contributed by atoms with Crippen LogP contribution in [0.3, 0.4) is 0 Å². The van der Waals surface area contributed by atoms with Crippen LogP contribution in [0.1, 0.15) is 11.1 Å². The molecule has 11 rings (SSSR count). The number of rotatable bonds is 4. The van der Waals surface area contributed by atoms with E-state index in [1.807, 2.05) is 24.3 Å². The molecular formula is C50H28N2O2. The van der Waals surface area contributed by atoms with Crippen molar-refractivity contribution in [2.75, 3.05) is 14.2 Å². The minimum Gasteiger partial charge on any atom is -0.497 e. The lowest BCUT2D eigenvalue weighted by Crippen LogP contribution is -1.91. The normalized spacial score (nSPS) is 11.9. The molecular weight excluding hydrogens is 661 g/mol. The third-order valence-electron chi connectivity index (χ3n) is 11.5. The molecule has 0 spiro atoms. The molecule has 4 heteroatoms. The molecule has 0 aliphatic carbocycles. The second kappa shape index (κ2) is 11.1. The molecule has 0 N–H and O–H groups in total. The van der Waals surface area contributed by atoms with E-state index in [1.54, 1.807) is 14.2 Å². The number of hydrogen-bond acceptors (Lipinski definition) is 4. The van der Waals surface area contributed by atoms with Gasteiger partial charge in [0.1, 0.15) is 11.5 Å². The van der Waals surface area contributed by atoms with Gasteiger partial charge in [-0.25, -0.2) is 0 Å². The fourth-order valence-corrected chi connectivity index (χ4v) is 9.23. The Kier molecular flexibility index (Phi) is 6.19. The molecule has 0 aromatic heterocycles. The minimum atomic E-state index is 0.612. The van der Waals surface area contributed by atoms with E-state index in [0.717, 1.165) is 76.8 Å². The Morgan fingerprint density at radius 1 is 0.370 bits per heavy atom. The van der Waals surface area contributed by atoms with Crippen molar-refractivity contribution in [1.82, 2.24) is 0 Å². The zero-order valence-corrected chi connectivity index (χ0v) is 29.4. The van der Waals surface area contributed by atoms with Crippen molar-refractivity contribution in [3.05, 3.63) is 145 Å². The minimum absolute atomic E-state index is 0.612. The van der Waals surface area contributed by atoms with Crippen LogP contribution in [-0.4, -0.2) is 14.2 Å². The molecule has 4 nitrogen and oxygen atoms in total. The topological polar surface area (TPSA) is 66.0 Å². The molecule has 0 atom stereocenters. The predicted octanol–water partition coefficient (Wildman–Crippen LogP) is 12.9. The van der Waals surface area contributed by atoms with E-state index in [-0.39, 0.29) is 0 Å². The molecule has 0 radical (unpaired) electrons. The van der Waals surface area contributed by atoms with Crippen molar-refractivity contribution in [2.24, 2.45) is 0 Å². The van der Waals surface area contributed by atoms with Crippen LogP contribution < -0.4 is 9.47 Å². The summed E-state index contributed by atoms with van der Waals surface area (Å²) in [6.45, 7) is 0. The maximum atomic E-state index is 9.80. The van der Waals surface area contributed by atoms with E-state index < -0.39 is 0 Å². The Labute approximate surface area is 309 Å². The zero-order chi connectivity index (χ0) is 36.2. The molecule has 11 aromatic rings. The average Bonchev–Trinajstić information content (AvgIpc) is 3.72. The smallest absolute Gasteiger partial charge is 0.120 e. The summed E-state index contributed by atoms with van der Waals surface area (Å²) >= 11 is 0. The SMILES string of the molecule is COc1cc2cc(OC)cc3c4c(-c5ccc(C#N)cc5)c5cc6c(cc5c(-c5ccc(C#N)cc5)c4c(c1)c23)c1cccc2c3ccccc3cc6c21. The maximum Gasteiger partial charge on any atom is 0.120 e. The molecule has 54 heavy (non-hydrogen) atoms. The highest BCUT2D eigenvalue weighted by molar-refractivity contribution is 6.42. The largest absolute Gasteiger partial charge is 0.497 e. The van der Waals surface area contributed by atoms with Gasteiger partial charge in [0.05, 0.1) is 37.5 Å². The summed E-state index contributed by atoms with van der Waals surface area (Å²) in [5, 5.41) is 38.2. The molecule has 0 saturated carbocycles. The van der Waals surface area contributed by atoms with Gasteiger partial charge < -0.3 is 9.47 Å². The Morgan fingerprint density at radius 3 is 1.41 bits per heavy atom. The van der Waals surface area contributed by atoms with Crippen LogP contribution in [0.5, 0.6) is 11.5 Å². The van der Waals surface area contributed by atoms with Gasteiger partial charge in [-0.15, -0.1) is 0 Å². The number of methoxy groups -OCH3 is 2. The van der Waals surface area contributed by atoms with Crippen LogP contribution in [0.4, 0.5) is 0 Å². The summed E-state index contributed by atoms with van der Waals surface area (Å²) in [6.07, 6.45) is 0. The number of hydrogen-bond donors (Lipinski definition) is 0. The Morgan fingerprint density at radius 2 is 0.870 bits per heavy atom. The van der Waals surface area contributed by atoms with E-state index in [2.05, 4.69) is 121 Å². The van der Waals surface area contributed by atoms with Crippen molar-refractivity contribution < 1.29 is 9.47 Å². The number of ether oxygens (including phenoxy) is 2. The quantitative estimate of drug-likeness (QED) is 0.173. The maximum absolute atomic E-state index is 9.80. The summed E-state index contributed by atoms with van der Waals surface area (Å²) in [5.74, 6) is 1.52. The monoisotopic (exact) mass is 688 g/mol. The van der Waals surface area contributed by atoms with Crippen LogP contribution >= 0.6 is 0 Å². The Balaban J connectivity index is 1.45. The standard InChI is InChI=1S/C50H28N2O2/c1-53-33-18-32-19-34(54-2)22-44-45(32)43(21-33)49-46(29-14-10-27(25-51)11-15-29)41-23-38-37-9-5-8-36-35-7-4-3-6-31(35)20-40(48(36)37)39(38)24-42(41)47(50(44)49)30-16-12-28(26-52)13-17-30/h3-24H,1-2H3. The second-order valence-corrected chi connectivity index (χ2v) is 14.1. The fourth-order valence-electron chi connectivity index (χ4n) is 9.23. The Bertz CT molecular complexity index is 3450. The van der Waals surface area contributed by atoms with E-state index in [0.29, 0.717) is 11.1 Å². The first-order valence-corrected chi connectivity index (χ1v) is 17.9. The van der Waals surface area contributed by atoms with Crippen molar-refractivity contribution in [2.45, 2.75) is 0 Å². The molecule has 0 saturated heterocycles. The van der Waals surface area contributed by atoms with E-state index >= 15 is 0 Å². The van der Waals surface area contributed by atoms with Gasteiger partial charge in [-0.3, -0.25) is 0 Å². The van der Waals surface area contributed by atoms with Crippen LogP contribution in [0.2, 0.25) is 0 Å². The summed E-state index contributed by atoms with van der Waals surface area (Å²) in [4.78, 5) is 0. The fraction of sp³-hybridized carbons (Fsp3) is 0.0400. The van der Waals surface area contributed by atoms with Gasteiger partial charge in [-0.2, -0.15) is 10.5 Å². The lowest BCUT2D eigenvalue weighted by molar-refractivity contribution is 0.414. The van der Waals surface area contributed by atoms with Crippen LogP contribution in [0, 0.1) is 22.7 Å². The van der Waals surface area contributed by atoms with Crippen LogP contribution in [0.25, 0.3) is 108 Å². The molecule has 11 aromatic carbocycles. The first kappa shape index (κ1) is 30.2. The number of benzene rings is 9. The third kappa shape index (κ3) is 4.00. The highest BCUT2D eigenvalue weighted by Crippen LogP contribution is 2.54. The number of nitrogens with zero attached hydrogens (tertiary/aromatic N) is 2. The molecule has 0 bridgehead atoms. The van der Waals surface area contributed by atoms with Crippen molar-refractivity contribution in [3.63, 3.8) is 0 Å². The van der Waals surface area contributed by atoms with Gasteiger partial charge in [0.2, 0.25) is 0 Å². The van der Waals surface area contributed by atoms with Crippen molar-refractivity contribution >= 4 is 86.2 Å². The molecule has 0 unspecified atom stereocenters. The molecule has 0 heterocycles. The Hall–Kier alpha value is -7.40. The van der Waals surface area contributed by atoms with Gasteiger partial charge in [0.25, 0.3) is 0 Å². The molecule has 0 aliphatic rings.